The van der Waals surface area contributed by atoms with E-state index in [0.29, 0.717) is 11.3 Å². The molecule has 0 spiro atoms. The molecule has 0 aromatic rings. The Morgan fingerprint density at radius 3 is 2.67 bits per heavy atom. The van der Waals surface area contributed by atoms with Crippen LogP contribution in [0.5, 0.6) is 0 Å². The first-order chi connectivity index (χ1) is 5.70. The molecule has 2 N–H and O–H groups in total. The zero-order valence-electron chi connectivity index (χ0n) is 7.95. The smallest absolute Gasteiger partial charge is 0.0289 e. The minimum Gasteiger partial charge on any atom is -0.327 e. The van der Waals surface area contributed by atoms with Crippen molar-refractivity contribution in [3.63, 3.8) is 0 Å². The lowest BCUT2D eigenvalue weighted by molar-refractivity contribution is 0.494. The third kappa shape index (κ3) is 3.58. The Hall–Kier alpha value is 0.660. The van der Waals surface area contributed by atoms with Crippen molar-refractivity contribution < 1.29 is 0 Å². The predicted octanol–water partition coefficient (Wildman–Crippen LogP) is 2.21. The summed E-state index contributed by atoms with van der Waals surface area (Å²) in [6, 6.07) is 0.419. The summed E-state index contributed by atoms with van der Waals surface area (Å²) in [5, 5.41) is 0.714. The molecule has 1 fully saturated rings. The predicted molar refractivity (Wildman–Crippen MR) is 61.0 cm³/mol. The van der Waals surface area contributed by atoms with Gasteiger partial charge in [-0.3, -0.25) is 0 Å². The van der Waals surface area contributed by atoms with E-state index >= 15 is 0 Å². The van der Waals surface area contributed by atoms with E-state index in [1.54, 1.807) is 0 Å². The SMILES string of the molecule is CC(C)CC(N)C1CSCCS1. The van der Waals surface area contributed by atoms with Gasteiger partial charge in [0.1, 0.15) is 0 Å². The highest BCUT2D eigenvalue weighted by atomic mass is 32.2. The number of thioether (sulfide) groups is 2. The summed E-state index contributed by atoms with van der Waals surface area (Å²) in [5.74, 6) is 4.61. The summed E-state index contributed by atoms with van der Waals surface area (Å²) < 4.78 is 0. The lowest BCUT2D eigenvalue weighted by Gasteiger charge is -2.27. The van der Waals surface area contributed by atoms with E-state index in [1.807, 2.05) is 0 Å². The molecule has 0 amide bonds. The van der Waals surface area contributed by atoms with Crippen LogP contribution >= 0.6 is 23.5 Å². The van der Waals surface area contributed by atoms with Crippen LogP contribution < -0.4 is 5.73 Å². The third-order valence-electron chi connectivity index (χ3n) is 2.06. The average molecular weight is 205 g/mol. The van der Waals surface area contributed by atoms with Gasteiger partial charge < -0.3 is 5.73 Å². The van der Waals surface area contributed by atoms with Crippen molar-refractivity contribution in [1.29, 1.82) is 0 Å². The molecule has 0 aromatic heterocycles. The van der Waals surface area contributed by atoms with E-state index in [1.165, 1.54) is 23.7 Å². The molecule has 3 heteroatoms. The average Bonchev–Trinajstić information content (AvgIpc) is 2.05. The quantitative estimate of drug-likeness (QED) is 0.765. The highest BCUT2D eigenvalue weighted by molar-refractivity contribution is 8.06. The van der Waals surface area contributed by atoms with Crippen molar-refractivity contribution in [1.82, 2.24) is 0 Å². The molecule has 1 aliphatic heterocycles. The molecule has 72 valence electrons. The van der Waals surface area contributed by atoms with Crippen LogP contribution in [0.1, 0.15) is 20.3 Å². The molecule has 2 atom stereocenters. The highest BCUT2D eigenvalue weighted by Gasteiger charge is 2.21. The van der Waals surface area contributed by atoms with Crippen LogP contribution in [0.4, 0.5) is 0 Å². The third-order valence-corrected chi connectivity index (χ3v) is 5.00. The first-order valence-electron chi connectivity index (χ1n) is 4.65. The van der Waals surface area contributed by atoms with Gasteiger partial charge in [-0.15, -0.1) is 0 Å². The maximum absolute atomic E-state index is 6.12. The Labute approximate surface area is 84.2 Å². The summed E-state index contributed by atoms with van der Waals surface area (Å²) in [6.07, 6.45) is 1.18. The van der Waals surface area contributed by atoms with E-state index in [9.17, 15) is 0 Å². The van der Waals surface area contributed by atoms with Crippen LogP contribution in [0.3, 0.4) is 0 Å². The molecule has 0 aromatic carbocycles. The largest absolute Gasteiger partial charge is 0.327 e. The fraction of sp³-hybridized carbons (Fsp3) is 1.00. The Balaban J connectivity index is 2.24. The van der Waals surface area contributed by atoms with E-state index in [2.05, 4.69) is 37.4 Å². The van der Waals surface area contributed by atoms with Crippen LogP contribution in [0.15, 0.2) is 0 Å². The summed E-state index contributed by atoms with van der Waals surface area (Å²) >= 11 is 4.13. The Morgan fingerprint density at radius 2 is 2.17 bits per heavy atom. The Kier molecular flexibility index (Phi) is 4.84. The van der Waals surface area contributed by atoms with Gasteiger partial charge in [0.05, 0.1) is 0 Å². The van der Waals surface area contributed by atoms with Crippen molar-refractivity contribution in [3.8, 4) is 0 Å². The number of hydrogen-bond donors (Lipinski definition) is 1. The standard InChI is InChI=1S/C9H19NS2/c1-7(2)5-8(10)9-6-11-3-4-12-9/h7-9H,3-6,10H2,1-2H3. The molecule has 1 aliphatic rings. The molecule has 1 heterocycles. The molecule has 1 saturated heterocycles. The summed E-state index contributed by atoms with van der Waals surface area (Å²) in [6.45, 7) is 4.50. The van der Waals surface area contributed by atoms with E-state index in [-0.39, 0.29) is 0 Å². The molecule has 1 rings (SSSR count). The maximum Gasteiger partial charge on any atom is 0.0289 e. The second kappa shape index (κ2) is 5.40. The molecule has 0 aliphatic carbocycles. The summed E-state index contributed by atoms with van der Waals surface area (Å²) in [7, 11) is 0. The van der Waals surface area contributed by atoms with Crippen molar-refractivity contribution >= 4 is 23.5 Å². The van der Waals surface area contributed by atoms with Crippen LogP contribution in [-0.4, -0.2) is 28.6 Å². The summed E-state index contributed by atoms with van der Waals surface area (Å²) in [5.41, 5.74) is 6.12. The molecule has 12 heavy (non-hydrogen) atoms. The van der Waals surface area contributed by atoms with Crippen LogP contribution in [0.25, 0.3) is 0 Å². The van der Waals surface area contributed by atoms with Crippen LogP contribution in [0.2, 0.25) is 0 Å². The van der Waals surface area contributed by atoms with Gasteiger partial charge in [0.25, 0.3) is 0 Å². The molecule has 2 unspecified atom stereocenters. The Morgan fingerprint density at radius 1 is 1.42 bits per heavy atom. The van der Waals surface area contributed by atoms with Gasteiger partial charge >= 0.3 is 0 Å². The van der Waals surface area contributed by atoms with Gasteiger partial charge in [-0.2, -0.15) is 23.5 Å². The van der Waals surface area contributed by atoms with Gasteiger partial charge in [0.2, 0.25) is 0 Å². The molecule has 1 nitrogen and oxygen atoms in total. The lowest BCUT2D eigenvalue weighted by atomic mass is 10.0. The minimum absolute atomic E-state index is 0.419. The Bertz CT molecular complexity index is 122. The van der Waals surface area contributed by atoms with E-state index < -0.39 is 0 Å². The monoisotopic (exact) mass is 205 g/mol. The van der Waals surface area contributed by atoms with Crippen LogP contribution in [-0.2, 0) is 0 Å². The van der Waals surface area contributed by atoms with Crippen molar-refractivity contribution in [2.75, 3.05) is 17.3 Å². The van der Waals surface area contributed by atoms with Crippen molar-refractivity contribution in [2.45, 2.75) is 31.6 Å². The number of hydrogen-bond acceptors (Lipinski definition) is 3. The first kappa shape index (κ1) is 10.7. The fourth-order valence-corrected chi connectivity index (χ4v) is 4.29. The second-order valence-corrected chi connectivity index (χ2v) is 6.27. The fourth-order valence-electron chi connectivity index (χ4n) is 1.45. The zero-order chi connectivity index (χ0) is 8.97. The summed E-state index contributed by atoms with van der Waals surface area (Å²) in [4.78, 5) is 0. The lowest BCUT2D eigenvalue weighted by Crippen LogP contribution is -2.37. The van der Waals surface area contributed by atoms with Gasteiger partial charge in [-0.25, -0.2) is 0 Å². The zero-order valence-corrected chi connectivity index (χ0v) is 9.59. The molecule has 0 radical (unpaired) electrons. The van der Waals surface area contributed by atoms with Crippen LogP contribution in [0, 0.1) is 5.92 Å². The molecular weight excluding hydrogens is 186 g/mol. The highest BCUT2D eigenvalue weighted by Crippen LogP contribution is 2.27. The van der Waals surface area contributed by atoms with Gasteiger partial charge in [-0.1, -0.05) is 13.8 Å². The second-order valence-electron chi connectivity index (χ2n) is 3.78. The van der Waals surface area contributed by atoms with Gasteiger partial charge in [0.15, 0.2) is 0 Å². The maximum atomic E-state index is 6.12. The van der Waals surface area contributed by atoms with Gasteiger partial charge in [0, 0.05) is 28.6 Å². The van der Waals surface area contributed by atoms with Gasteiger partial charge in [-0.05, 0) is 12.3 Å². The van der Waals surface area contributed by atoms with Crippen molar-refractivity contribution in [3.05, 3.63) is 0 Å². The normalized spacial score (nSPS) is 27.5. The van der Waals surface area contributed by atoms with Crippen molar-refractivity contribution in [2.24, 2.45) is 11.7 Å². The molecule has 0 saturated carbocycles. The number of nitrogens with two attached hydrogens (primary N) is 1. The van der Waals surface area contributed by atoms with E-state index in [0.717, 1.165) is 5.92 Å². The molecule has 0 bridgehead atoms. The minimum atomic E-state index is 0.419. The first-order valence-corrected chi connectivity index (χ1v) is 6.85. The topological polar surface area (TPSA) is 26.0 Å². The van der Waals surface area contributed by atoms with E-state index in [4.69, 9.17) is 5.73 Å². The number of rotatable bonds is 3. The molecular formula is C9H19NS2.